The molecule has 0 bridgehead atoms. The van der Waals surface area contributed by atoms with Crippen LogP contribution in [0.3, 0.4) is 0 Å². The summed E-state index contributed by atoms with van der Waals surface area (Å²) in [6, 6.07) is 29.0. The number of urea groups is 1. The summed E-state index contributed by atoms with van der Waals surface area (Å²) in [6.07, 6.45) is 2.00. The van der Waals surface area contributed by atoms with Gasteiger partial charge in [-0.2, -0.15) is 0 Å². The highest BCUT2D eigenvalue weighted by Gasteiger charge is 2.49. The number of benzene rings is 3. The molecule has 3 aromatic carbocycles. The van der Waals surface area contributed by atoms with Crippen molar-refractivity contribution in [1.29, 1.82) is 0 Å². The number of aliphatic hydroxyl groups is 1. The Morgan fingerprint density at radius 2 is 1.48 bits per heavy atom. The first-order valence-electron chi connectivity index (χ1n) is 11.9. The maximum atomic E-state index is 13.1. The average molecular weight is 442 g/mol. The third-order valence-electron chi connectivity index (χ3n) is 7.08. The van der Waals surface area contributed by atoms with Crippen LogP contribution in [0.2, 0.25) is 0 Å². The van der Waals surface area contributed by atoms with Gasteiger partial charge >= 0.3 is 6.03 Å². The van der Waals surface area contributed by atoms with Crippen LogP contribution < -0.4 is 5.32 Å². The van der Waals surface area contributed by atoms with Gasteiger partial charge in [-0.1, -0.05) is 72.8 Å². The van der Waals surface area contributed by atoms with Gasteiger partial charge in [-0.15, -0.1) is 0 Å². The fourth-order valence-corrected chi connectivity index (χ4v) is 5.38. The summed E-state index contributed by atoms with van der Waals surface area (Å²) < 4.78 is 0. The highest BCUT2D eigenvalue weighted by molar-refractivity contribution is 5.89. The highest BCUT2D eigenvalue weighted by atomic mass is 16.3. The fraction of sp³-hybridized carbons (Fsp3) is 0.321. The molecule has 5 heteroatoms. The topological polar surface area (TPSA) is 55.8 Å². The van der Waals surface area contributed by atoms with Crippen LogP contribution in [-0.2, 0) is 0 Å². The molecule has 5 nitrogen and oxygen atoms in total. The number of nitrogens with one attached hydrogen (secondary N) is 1. The number of fused-ring (bicyclic) bond motifs is 1. The van der Waals surface area contributed by atoms with E-state index < -0.39 is 0 Å². The van der Waals surface area contributed by atoms with Gasteiger partial charge in [0.15, 0.2) is 0 Å². The van der Waals surface area contributed by atoms with Crippen molar-refractivity contribution in [1.82, 2.24) is 9.80 Å². The van der Waals surface area contributed by atoms with Gasteiger partial charge in [-0.25, -0.2) is 4.79 Å². The minimum atomic E-state index is -0.0475. The molecule has 2 heterocycles. The van der Waals surface area contributed by atoms with Crippen molar-refractivity contribution in [2.75, 3.05) is 31.6 Å². The van der Waals surface area contributed by atoms with E-state index >= 15 is 0 Å². The third kappa shape index (κ3) is 4.52. The first-order valence-corrected chi connectivity index (χ1v) is 11.9. The van der Waals surface area contributed by atoms with E-state index in [-0.39, 0.29) is 30.6 Å². The molecule has 2 N–H and O–H groups in total. The van der Waals surface area contributed by atoms with Crippen molar-refractivity contribution < 1.29 is 9.90 Å². The molecular weight excluding hydrogens is 410 g/mol. The number of nitrogens with zero attached hydrogens (tertiary/aromatic N) is 2. The lowest BCUT2D eigenvalue weighted by molar-refractivity contribution is -0.0585. The van der Waals surface area contributed by atoms with Gasteiger partial charge in [0.2, 0.25) is 0 Å². The molecule has 0 saturated carbocycles. The number of para-hydroxylation sites is 1. The number of anilines is 1. The van der Waals surface area contributed by atoms with E-state index in [1.165, 1.54) is 16.7 Å². The van der Waals surface area contributed by atoms with Gasteiger partial charge < -0.3 is 15.3 Å². The zero-order valence-electron chi connectivity index (χ0n) is 18.8. The largest absolute Gasteiger partial charge is 0.395 e. The van der Waals surface area contributed by atoms with E-state index in [1.54, 1.807) is 0 Å². The molecule has 2 fully saturated rings. The van der Waals surface area contributed by atoms with Gasteiger partial charge in [0.1, 0.15) is 0 Å². The molecule has 3 aromatic rings. The second-order valence-corrected chi connectivity index (χ2v) is 9.02. The first kappa shape index (κ1) is 21.7. The zero-order valence-corrected chi connectivity index (χ0v) is 18.8. The van der Waals surface area contributed by atoms with Crippen molar-refractivity contribution in [3.63, 3.8) is 0 Å². The number of carbonyl (C=O) groups is 1. The Bertz CT molecular complexity index is 1060. The molecule has 0 aromatic heterocycles. The lowest BCUT2D eigenvalue weighted by Gasteiger charge is -2.57. The number of hydrogen-bond acceptors (Lipinski definition) is 3. The number of aliphatic hydroxyl groups excluding tert-OH is 1. The molecule has 2 amide bonds. The van der Waals surface area contributed by atoms with Crippen LogP contribution in [0, 0.1) is 0 Å². The molecule has 2 aliphatic heterocycles. The molecule has 170 valence electrons. The number of carbonyl (C=O) groups excluding carboxylic acids is 1. The van der Waals surface area contributed by atoms with Gasteiger partial charge in [0, 0.05) is 36.8 Å². The van der Waals surface area contributed by atoms with Crippen molar-refractivity contribution >= 4 is 11.7 Å². The van der Waals surface area contributed by atoms with Gasteiger partial charge in [-0.3, -0.25) is 4.90 Å². The van der Waals surface area contributed by atoms with E-state index in [2.05, 4.69) is 58.7 Å². The van der Waals surface area contributed by atoms with Crippen molar-refractivity contribution in [3.8, 4) is 11.1 Å². The van der Waals surface area contributed by atoms with E-state index in [1.807, 2.05) is 41.3 Å². The van der Waals surface area contributed by atoms with Crippen LogP contribution >= 0.6 is 0 Å². The molecule has 0 spiro atoms. The monoisotopic (exact) mass is 441 g/mol. The molecule has 0 aliphatic carbocycles. The second-order valence-electron chi connectivity index (χ2n) is 9.02. The Labute approximate surface area is 195 Å². The van der Waals surface area contributed by atoms with E-state index in [9.17, 15) is 9.90 Å². The Hall–Kier alpha value is -3.15. The van der Waals surface area contributed by atoms with Gasteiger partial charge in [-0.05, 0) is 48.2 Å². The van der Waals surface area contributed by atoms with Crippen LogP contribution in [0.4, 0.5) is 10.5 Å². The summed E-state index contributed by atoms with van der Waals surface area (Å²) in [7, 11) is 0. The molecule has 33 heavy (non-hydrogen) atoms. The lowest BCUT2D eigenvalue weighted by Crippen LogP contribution is -2.68. The Balaban J connectivity index is 1.35. The Kier molecular flexibility index (Phi) is 6.42. The maximum absolute atomic E-state index is 13.1. The predicted molar refractivity (Wildman–Crippen MR) is 132 cm³/mol. The summed E-state index contributed by atoms with van der Waals surface area (Å²) in [5.41, 5.74) is 4.44. The SMILES string of the molecule is O=C(Nc1ccccc1)N1CCCCN2[C@H](C1)[C@H](c1ccc(-c3ccccc3)cc1)[C@@H]2CO. The molecule has 2 aliphatic rings. The number of rotatable bonds is 4. The van der Waals surface area contributed by atoms with Crippen molar-refractivity contribution in [2.45, 2.75) is 30.8 Å². The van der Waals surface area contributed by atoms with E-state index in [0.717, 1.165) is 31.6 Å². The van der Waals surface area contributed by atoms with Crippen LogP contribution in [-0.4, -0.2) is 59.3 Å². The average Bonchev–Trinajstić information content (AvgIpc) is 2.84. The van der Waals surface area contributed by atoms with Crippen molar-refractivity contribution in [2.24, 2.45) is 0 Å². The predicted octanol–water partition coefficient (Wildman–Crippen LogP) is 4.81. The number of amides is 2. The Morgan fingerprint density at radius 3 is 2.18 bits per heavy atom. The van der Waals surface area contributed by atoms with Crippen molar-refractivity contribution in [3.05, 3.63) is 90.5 Å². The molecule has 0 radical (unpaired) electrons. The third-order valence-corrected chi connectivity index (χ3v) is 7.08. The standard InChI is InChI=1S/C28H31N3O2/c32-20-26-27(23-15-13-22(14-16-23)21-9-3-1-4-10-21)25-19-30(17-7-8-18-31(25)26)28(33)29-24-11-5-2-6-12-24/h1-6,9-16,25-27,32H,7-8,17-20H2,(H,29,33)/t25-,26+,27+/m1/s1. The van der Waals surface area contributed by atoms with E-state index in [0.29, 0.717) is 6.54 Å². The highest BCUT2D eigenvalue weighted by Crippen LogP contribution is 2.42. The summed E-state index contributed by atoms with van der Waals surface area (Å²) in [5, 5.41) is 13.2. The normalized spacial score (nSPS) is 23.1. The van der Waals surface area contributed by atoms with E-state index in [4.69, 9.17) is 0 Å². The fourth-order valence-electron chi connectivity index (χ4n) is 5.38. The smallest absolute Gasteiger partial charge is 0.321 e. The second kappa shape index (κ2) is 9.77. The first-order chi connectivity index (χ1) is 16.2. The van der Waals surface area contributed by atoms with Crippen LogP contribution in [0.15, 0.2) is 84.9 Å². The molecule has 0 unspecified atom stereocenters. The molecule has 5 rings (SSSR count). The summed E-state index contributed by atoms with van der Waals surface area (Å²) in [4.78, 5) is 17.4. The minimum Gasteiger partial charge on any atom is -0.395 e. The summed E-state index contributed by atoms with van der Waals surface area (Å²) in [6.45, 7) is 2.53. The van der Waals surface area contributed by atoms with Gasteiger partial charge in [0.25, 0.3) is 0 Å². The Morgan fingerprint density at radius 1 is 0.848 bits per heavy atom. The lowest BCUT2D eigenvalue weighted by atomic mass is 9.74. The molecule has 3 atom stereocenters. The zero-order chi connectivity index (χ0) is 22.6. The minimum absolute atomic E-state index is 0.0475. The molecule has 2 saturated heterocycles. The van der Waals surface area contributed by atoms with Crippen LogP contribution in [0.1, 0.15) is 24.3 Å². The summed E-state index contributed by atoms with van der Waals surface area (Å²) in [5.74, 6) is 0.213. The van der Waals surface area contributed by atoms with Crippen LogP contribution in [0.5, 0.6) is 0 Å². The number of hydrogen-bond donors (Lipinski definition) is 2. The van der Waals surface area contributed by atoms with Crippen LogP contribution in [0.25, 0.3) is 11.1 Å². The molecular formula is C28H31N3O2. The summed E-state index contributed by atoms with van der Waals surface area (Å²) >= 11 is 0. The maximum Gasteiger partial charge on any atom is 0.321 e. The van der Waals surface area contributed by atoms with Gasteiger partial charge in [0.05, 0.1) is 6.61 Å². The quantitative estimate of drug-likeness (QED) is 0.611.